The fourth-order valence-electron chi connectivity index (χ4n) is 7.38. The predicted molar refractivity (Wildman–Crippen MR) is 160 cm³/mol. The highest BCUT2D eigenvalue weighted by molar-refractivity contribution is 6.06. The number of hydrogen-bond acceptors (Lipinski definition) is 5. The van der Waals surface area contributed by atoms with Crippen molar-refractivity contribution in [3.8, 4) is 5.75 Å². The third-order valence-corrected chi connectivity index (χ3v) is 9.49. The van der Waals surface area contributed by atoms with Crippen molar-refractivity contribution in [3.05, 3.63) is 76.6 Å². The summed E-state index contributed by atoms with van der Waals surface area (Å²) < 4.78 is 14.1. The van der Waals surface area contributed by atoms with Gasteiger partial charge in [0.05, 0.1) is 24.5 Å². The smallest absolute Gasteiger partial charge is 0.234 e. The Bertz CT molecular complexity index is 1360. The van der Waals surface area contributed by atoms with Crippen LogP contribution in [0.5, 0.6) is 5.75 Å². The van der Waals surface area contributed by atoms with E-state index in [1.165, 1.54) is 17.0 Å². The van der Waals surface area contributed by atoms with E-state index in [9.17, 15) is 29.3 Å². The molecule has 2 fully saturated rings. The van der Waals surface area contributed by atoms with Gasteiger partial charge >= 0.3 is 0 Å². The van der Waals surface area contributed by atoms with Crippen LogP contribution in [-0.2, 0) is 9.59 Å². The van der Waals surface area contributed by atoms with Gasteiger partial charge in [0.1, 0.15) is 0 Å². The van der Waals surface area contributed by atoms with Crippen LogP contribution in [0.1, 0.15) is 76.3 Å². The number of aromatic hydroxyl groups is 1. The van der Waals surface area contributed by atoms with Gasteiger partial charge in [-0.1, -0.05) is 81.2 Å². The van der Waals surface area contributed by atoms with Crippen LogP contribution in [0.2, 0.25) is 0 Å². The molecule has 3 N–H and O–H groups in total. The summed E-state index contributed by atoms with van der Waals surface area (Å²) in [7, 11) is 0. The summed E-state index contributed by atoms with van der Waals surface area (Å²) in [6.07, 6.45) is 6.94. The highest BCUT2D eigenvalue weighted by Crippen LogP contribution is 2.49. The monoisotopic (exact) mass is 575 g/mol. The number of fused-ring (bicyclic) bond motifs is 1. The lowest BCUT2D eigenvalue weighted by Gasteiger charge is -2.38. The number of phenolic OH excluding ortho intramolecular Hbond substituents is 1. The molecule has 1 heterocycles. The average Bonchev–Trinajstić information content (AvgIpc) is 3.25. The van der Waals surface area contributed by atoms with Crippen molar-refractivity contribution in [2.45, 2.75) is 77.4 Å². The molecule has 6 nitrogen and oxygen atoms in total. The summed E-state index contributed by atoms with van der Waals surface area (Å²) in [5.74, 6) is -3.14. The van der Waals surface area contributed by atoms with Crippen molar-refractivity contribution in [1.29, 1.82) is 0 Å². The molecular formula is C35H42FNO5. The molecule has 4 atom stereocenters. The van der Waals surface area contributed by atoms with Crippen molar-refractivity contribution in [2.75, 3.05) is 6.61 Å². The summed E-state index contributed by atoms with van der Waals surface area (Å²) in [6.45, 7) is 3.76. The first-order valence-electron chi connectivity index (χ1n) is 15.3. The highest BCUT2D eigenvalue weighted by Gasteiger charge is 2.56. The third-order valence-electron chi connectivity index (χ3n) is 9.49. The molecule has 1 saturated heterocycles. The molecule has 1 saturated carbocycles. The molecule has 2 aromatic carbocycles. The molecule has 0 radical (unpaired) electrons. The number of aliphatic hydroxyl groups is 2. The Morgan fingerprint density at radius 1 is 1.05 bits per heavy atom. The van der Waals surface area contributed by atoms with Crippen LogP contribution < -0.4 is 0 Å². The lowest BCUT2D eigenvalue weighted by molar-refractivity contribution is -0.143. The van der Waals surface area contributed by atoms with Crippen molar-refractivity contribution < 1.29 is 29.3 Å². The van der Waals surface area contributed by atoms with Gasteiger partial charge in [-0.05, 0) is 72.4 Å². The molecule has 7 heteroatoms. The fourth-order valence-corrected chi connectivity index (χ4v) is 7.38. The number of carbonyl (C=O) groups is 2. The summed E-state index contributed by atoms with van der Waals surface area (Å²) in [5, 5.41) is 32.0. The van der Waals surface area contributed by atoms with Crippen LogP contribution in [0.4, 0.5) is 4.39 Å². The van der Waals surface area contributed by atoms with Crippen molar-refractivity contribution in [1.82, 2.24) is 4.90 Å². The molecule has 0 unspecified atom stereocenters. The fraction of sp³-hybridized carbons (Fsp3) is 0.486. The van der Waals surface area contributed by atoms with Gasteiger partial charge in [0.15, 0.2) is 11.6 Å². The van der Waals surface area contributed by atoms with Gasteiger partial charge in [-0.2, -0.15) is 0 Å². The zero-order chi connectivity index (χ0) is 30.0. The number of amides is 2. The number of allylic oxidation sites excluding steroid dienone is 2. The first-order chi connectivity index (χ1) is 20.2. The van der Waals surface area contributed by atoms with E-state index in [1.54, 1.807) is 6.07 Å². The van der Waals surface area contributed by atoms with Gasteiger partial charge in [0.25, 0.3) is 0 Å². The van der Waals surface area contributed by atoms with Gasteiger partial charge in [-0.25, -0.2) is 4.39 Å². The number of hydrogen-bond donors (Lipinski definition) is 3. The molecule has 224 valence electrons. The van der Waals surface area contributed by atoms with Gasteiger partial charge in [-0.3, -0.25) is 14.5 Å². The number of imide groups is 1. The second-order valence-corrected chi connectivity index (χ2v) is 12.4. The molecule has 5 rings (SSSR count). The van der Waals surface area contributed by atoms with Crippen LogP contribution in [0.15, 0.2) is 59.7 Å². The standard InChI is InChI=1S/C35H42FNO5/c1-21(2)26-19-27-33(35(42)37(34(27)41)25-11-7-4-8-12-25)28(20-38)32(26)31(40)16-14-24(23-9-5-3-6-10-23)17-22-13-15-30(39)29(36)18-22/h3,5-6,9-10,13,15,17-18,21,25,27-28,31,33,38-40H,4,7-8,11-12,14,16,19-20H2,1-2H3/b24-17-/t27-,28+,31-,33-/m1/s1. The molecule has 0 aromatic heterocycles. The van der Waals surface area contributed by atoms with Crippen LogP contribution in [0.3, 0.4) is 0 Å². The third kappa shape index (κ3) is 5.95. The minimum Gasteiger partial charge on any atom is -0.505 e. The molecule has 3 aliphatic rings. The maximum Gasteiger partial charge on any atom is 0.234 e. The Morgan fingerprint density at radius 3 is 2.40 bits per heavy atom. The summed E-state index contributed by atoms with van der Waals surface area (Å²) in [4.78, 5) is 28.9. The molecule has 2 amide bonds. The normalized spacial score (nSPS) is 24.5. The topological polar surface area (TPSA) is 98.1 Å². The van der Waals surface area contributed by atoms with E-state index in [-0.39, 0.29) is 30.4 Å². The highest BCUT2D eigenvalue weighted by atomic mass is 19.1. The predicted octanol–water partition coefficient (Wildman–Crippen LogP) is 6.11. The Kier molecular flexibility index (Phi) is 9.28. The number of carbonyl (C=O) groups excluding carboxylic acids is 2. The Morgan fingerprint density at radius 2 is 1.76 bits per heavy atom. The van der Waals surface area contributed by atoms with E-state index in [2.05, 4.69) is 0 Å². The van der Waals surface area contributed by atoms with E-state index in [0.717, 1.165) is 48.8 Å². The van der Waals surface area contributed by atoms with E-state index in [4.69, 9.17) is 0 Å². The van der Waals surface area contributed by atoms with E-state index < -0.39 is 35.4 Å². The van der Waals surface area contributed by atoms with Crippen LogP contribution >= 0.6 is 0 Å². The SMILES string of the molecule is CC(C)C1=C([C@H](O)CC/C(=C/c2ccc(O)c(F)c2)c2ccccc2)[C@H](CO)[C@@H]2C(=O)N(C3CCCCC3)C(=O)[C@@H]2C1. The molecule has 2 aliphatic carbocycles. The summed E-state index contributed by atoms with van der Waals surface area (Å²) in [5.41, 5.74) is 4.06. The quantitative estimate of drug-likeness (QED) is 0.190. The van der Waals surface area contributed by atoms with Gasteiger partial charge in [-0.15, -0.1) is 0 Å². The van der Waals surface area contributed by atoms with E-state index in [0.29, 0.717) is 30.4 Å². The maximum atomic E-state index is 14.1. The largest absolute Gasteiger partial charge is 0.505 e. The number of aliphatic hydroxyl groups excluding tert-OH is 2. The Labute approximate surface area is 247 Å². The number of likely N-dealkylation sites (tertiary alicyclic amines) is 1. The molecule has 1 aliphatic heterocycles. The maximum absolute atomic E-state index is 14.1. The van der Waals surface area contributed by atoms with Crippen LogP contribution in [0, 0.1) is 29.5 Å². The van der Waals surface area contributed by atoms with Crippen molar-refractivity contribution >= 4 is 23.5 Å². The molecule has 0 spiro atoms. The lowest BCUT2D eigenvalue weighted by atomic mass is 9.66. The molecular weight excluding hydrogens is 533 g/mol. The molecule has 0 bridgehead atoms. The summed E-state index contributed by atoms with van der Waals surface area (Å²) in [6, 6.07) is 13.8. The van der Waals surface area contributed by atoms with E-state index >= 15 is 0 Å². The van der Waals surface area contributed by atoms with E-state index in [1.807, 2.05) is 50.3 Å². The zero-order valence-electron chi connectivity index (χ0n) is 24.5. The van der Waals surface area contributed by atoms with Gasteiger partial charge in [0, 0.05) is 12.0 Å². The first kappa shape index (κ1) is 30.2. The zero-order valence-corrected chi connectivity index (χ0v) is 24.5. The number of rotatable bonds is 9. The van der Waals surface area contributed by atoms with Crippen molar-refractivity contribution in [3.63, 3.8) is 0 Å². The average molecular weight is 576 g/mol. The summed E-state index contributed by atoms with van der Waals surface area (Å²) >= 11 is 0. The van der Waals surface area contributed by atoms with Crippen LogP contribution in [-0.4, -0.2) is 50.8 Å². The van der Waals surface area contributed by atoms with Gasteiger partial charge in [0.2, 0.25) is 11.8 Å². The minimum atomic E-state index is -0.921. The molecule has 2 aromatic rings. The van der Waals surface area contributed by atoms with Gasteiger partial charge < -0.3 is 15.3 Å². The number of benzene rings is 2. The second kappa shape index (κ2) is 12.9. The minimum absolute atomic E-state index is 0.0420. The Hall–Kier alpha value is -3.29. The number of halogens is 1. The first-order valence-corrected chi connectivity index (χ1v) is 15.3. The van der Waals surface area contributed by atoms with Crippen molar-refractivity contribution in [2.24, 2.45) is 23.7 Å². The lowest BCUT2D eigenvalue weighted by Crippen LogP contribution is -2.42. The number of phenols is 1. The Balaban J connectivity index is 1.43. The van der Waals surface area contributed by atoms with Crippen LogP contribution in [0.25, 0.3) is 11.6 Å². The second-order valence-electron chi connectivity index (χ2n) is 12.4. The number of nitrogens with zero attached hydrogens (tertiary/aromatic N) is 1. The molecule has 42 heavy (non-hydrogen) atoms.